The van der Waals surface area contributed by atoms with Crippen molar-refractivity contribution in [2.75, 3.05) is 5.32 Å². The minimum atomic E-state index is -1.08. The number of hydrogen-bond acceptors (Lipinski definition) is 3. The molecule has 2 aromatic rings. The lowest BCUT2D eigenvalue weighted by Gasteiger charge is -2.07. The number of aromatic carboxylic acids is 1. The number of amides is 1. The van der Waals surface area contributed by atoms with Gasteiger partial charge in [0.15, 0.2) is 0 Å². The number of carbonyl (C=O) groups is 2. The third-order valence-electron chi connectivity index (χ3n) is 2.78. The van der Waals surface area contributed by atoms with Crippen LogP contribution < -0.4 is 5.32 Å². The van der Waals surface area contributed by atoms with E-state index in [4.69, 9.17) is 21.1 Å². The molecule has 1 aromatic heterocycles. The highest BCUT2D eigenvalue weighted by Gasteiger charge is 2.15. The average molecular weight is 294 g/mol. The van der Waals surface area contributed by atoms with Gasteiger partial charge in [-0.25, -0.2) is 4.79 Å². The molecule has 0 atom stereocenters. The summed E-state index contributed by atoms with van der Waals surface area (Å²) in [5, 5.41) is 11.6. The van der Waals surface area contributed by atoms with Crippen molar-refractivity contribution in [2.45, 2.75) is 13.3 Å². The molecule has 20 heavy (non-hydrogen) atoms. The lowest BCUT2D eigenvalue weighted by molar-refractivity contribution is 0.0696. The zero-order valence-electron chi connectivity index (χ0n) is 10.6. The van der Waals surface area contributed by atoms with Crippen LogP contribution in [0.15, 0.2) is 34.9 Å². The normalized spacial score (nSPS) is 10.3. The Kier molecular flexibility index (Phi) is 4.10. The third-order valence-corrected chi connectivity index (χ3v) is 3.09. The van der Waals surface area contributed by atoms with Crippen LogP contribution in [0.4, 0.5) is 5.69 Å². The van der Waals surface area contributed by atoms with E-state index < -0.39 is 5.97 Å². The Morgan fingerprint density at radius 2 is 2.10 bits per heavy atom. The van der Waals surface area contributed by atoms with Gasteiger partial charge in [0.05, 0.1) is 28.1 Å². The van der Waals surface area contributed by atoms with Gasteiger partial charge >= 0.3 is 5.97 Å². The fourth-order valence-corrected chi connectivity index (χ4v) is 1.98. The lowest BCUT2D eigenvalue weighted by Crippen LogP contribution is -2.13. The number of nitrogens with one attached hydrogen (secondary N) is 1. The standard InChI is InChI=1S/C14H12ClNO4/c1-2-12-9(5-6-20-12)13(17)16-11-4-3-8(14(18)19)7-10(11)15/h3-7H,2H2,1H3,(H,16,17)(H,18,19). The van der Waals surface area contributed by atoms with E-state index in [-0.39, 0.29) is 16.5 Å². The molecule has 1 heterocycles. The summed E-state index contributed by atoms with van der Waals surface area (Å²) in [6, 6.07) is 5.69. The summed E-state index contributed by atoms with van der Waals surface area (Å²) in [5.41, 5.74) is 0.848. The van der Waals surface area contributed by atoms with Crippen molar-refractivity contribution < 1.29 is 19.1 Å². The molecule has 0 fully saturated rings. The molecule has 0 bridgehead atoms. The second-order valence-corrected chi connectivity index (χ2v) is 4.47. The Bertz CT molecular complexity index is 663. The van der Waals surface area contributed by atoms with Crippen LogP contribution in [0, 0.1) is 0 Å². The highest BCUT2D eigenvalue weighted by molar-refractivity contribution is 6.34. The van der Waals surface area contributed by atoms with E-state index in [1.165, 1.54) is 24.5 Å². The van der Waals surface area contributed by atoms with Crippen molar-refractivity contribution in [3.8, 4) is 0 Å². The Morgan fingerprint density at radius 1 is 1.35 bits per heavy atom. The fourth-order valence-electron chi connectivity index (χ4n) is 1.76. The molecule has 0 radical (unpaired) electrons. The van der Waals surface area contributed by atoms with Gasteiger partial charge in [0.25, 0.3) is 5.91 Å². The zero-order valence-corrected chi connectivity index (χ0v) is 11.4. The van der Waals surface area contributed by atoms with Crippen molar-refractivity contribution in [3.63, 3.8) is 0 Å². The first kappa shape index (κ1) is 14.1. The van der Waals surface area contributed by atoms with Crippen molar-refractivity contribution in [2.24, 2.45) is 0 Å². The summed E-state index contributed by atoms with van der Waals surface area (Å²) in [6.45, 7) is 1.88. The summed E-state index contributed by atoms with van der Waals surface area (Å²) in [5.74, 6) is -0.839. The zero-order chi connectivity index (χ0) is 14.7. The van der Waals surface area contributed by atoms with Crippen LogP contribution in [0.1, 0.15) is 33.4 Å². The minimum Gasteiger partial charge on any atom is -0.478 e. The minimum absolute atomic E-state index is 0.0607. The van der Waals surface area contributed by atoms with E-state index in [1.807, 2.05) is 6.92 Å². The molecule has 6 heteroatoms. The largest absolute Gasteiger partial charge is 0.478 e. The Morgan fingerprint density at radius 3 is 2.70 bits per heavy atom. The van der Waals surface area contributed by atoms with Crippen LogP contribution in [0.5, 0.6) is 0 Å². The maximum atomic E-state index is 12.1. The number of rotatable bonds is 4. The highest BCUT2D eigenvalue weighted by atomic mass is 35.5. The van der Waals surface area contributed by atoms with Gasteiger partial charge in [-0.1, -0.05) is 18.5 Å². The Balaban J connectivity index is 2.22. The number of carbonyl (C=O) groups excluding carboxylic acids is 1. The summed E-state index contributed by atoms with van der Waals surface area (Å²) in [4.78, 5) is 22.9. The third kappa shape index (κ3) is 2.83. The highest BCUT2D eigenvalue weighted by Crippen LogP contribution is 2.24. The van der Waals surface area contributed by atoms with Crippen LogP contribution >= 0.6 is 11.6 Å². The number of carboxylic acid groups (broad SMARTS) is 1. The SMILES string of the molecule is CCc1occc1C(=O)Nc1ccc(C(=O)O)cc1Cl. The predicted octanol–water partition coefficient (Wildman–Crippen LogP) is 3.45. The molecule has 104 valence electrons. The number of aryl methyl sites for hydroxylation is 1. The monoisotopic (exact) mass is 293 g/mol. The summed E-state index contributed by atoms with van der Waals surface area (Å²) in [6.07, 6.45) is 2.05. The van der Waals surface area contributed by atoms with Crippen LogP contribution in [0.3, 0.4) is 0 Å². The van der Waals surface area contributed by atoms with Gasteiger partial charge in [-0.2, -0.15) is 0 Å². The molecule has 1 amide bonds. The van der Waals surface area contributed by atoms with Gasteiger partial charge < -0.3 is 14.8 Å². The number of carboxylic acids is 1. The van der Waals surface area contributed by atoms with Crippen molar-refractivity contribution in [3.05, 3.63) is 52.4 Å². The van der Waals surface area contributed by atoms with Crippen LogP contribution in [0.2, 0.25) is 5.02 Å². The van der Waals surface area contributed by atoms with Crippen LogP contribution in [-0.2, 0) is 6.42 Å². The van der Waals surface area contributed by atoms with Crippen LogP contribution in [-0.4, -0.2) is 17.0 Å². The number of benzene rings is 1. The van der Waals surface area contributed by atoms with E-state index in [0.717, 1.165) is 0 Å². The number of anilines is 1. The molecule has 0 spiro atoms. The van der Waals surface area contributed by atoms with Crippen molar-refractivity contribution >= 4 is 29.2 Å². The Hall–Kier alpha value is -2.27. The molecule has 0 saturated carbocycles. The van der Waals surface area contributed by atoms with Gasteiger partial charge in [-0.3, -0.25) is 4.79 Å². The van der Waals surface area contributed by atoms with Gasteiger partial charge in [0, 0.05) is 6.42 Å². The number of hydrogen-bond donors (Lipinski definition) is 2. The Labute approximate surface area is 120 Å². The molecule has 0 saturated heterocycles. The van der Waals surface area contributed by atoms with Crippen molar-refractivity contribution in [1.29, 1.82) is 0 Å². The fraction of sp³-hybridized carbons (Fsp3) is 0.143. The maximum Gasteiger partial charge on any atom is 0.335 e. The van der Waals surface area contributed by atoms with Crippen LogP contribution in [0.25, 0.3) is 0 Å². The van der Waals surface area contributed by atoms with Crippen molar-refractivity contribution in [1.82, 2.24) is 0 Å². The molecule has 2 rings (SSSR count). The quantitative estimate of drug-likeness (QED) is 0.905. The molecular weight excluding hydrogens is 282 g/mol. The molecule has 0 aliphatic carbocycles. The first-order chi connectivity index (χ1) is 9.52. The first-order valence-electron chi connectivity index (χ1n) is 5.93. The van der Waals surface area contributed by atoms with E-state index in [0.29, 0.717) is 23.4 Å². The summed E-state index contributed by atoms with van der Waals surface area (Å²) >= 11 is 5.95. The molecule has 0 unspecified atom stereocenters. The molecule has 0 aliphatic heterocycles. The first-order valence-corrected chi connectivity index (χ1v) is 6.31. The predicted molar refractivity (Wildman–Crippen MR) is 74.5 cm³/mol. The summed E-state index contributed by atoms with van der Waals surface area (Å²) in [7, 11) is 0. The lowest BCUT2D eigenvalue weighted by atomic mass is 10.1. The summed E-state index contributed by atoms with van der Waals surface area (Å²) < 4.78 is 5.18. The maximum absolute atomic E-state index is 12.1. The molecular formula is C14H12ClNO4. The topological polar surface area (TPSA) is 79.5 Å². The smallest absolute Gasteiger partial charge is 0.335 e. The van der Waals surface area contributed by atoms with E-state index in [1.54, 1.807) is 6.07 Å². The average Bonchev–Trinajstić information content (AvgIpc) is 2.89. The van der Waals surface area contributed by atoms with E-state index in [2.05, 4.69) is 5.32 Å². The number of halogens is 1. The molecule has 5 nitrogen and oxygen atoms in total. The molecule has 2 N–H and O–H groups in total. The molecule has 1 aromatic carbocycles. The molecule has 0 aliphatic rings. The second kappa shape index (κ2) is 5.79. The van der Waals surface area contributed by atoms with Gasteiger partial charge in [0.2, 0.25) is 0 Å². The van der Waals surface area contributed by atoms with Gasteiger partial charge in [-0.05, 0) is 24.3 Å². The van der Waals surface area contributed by atoms with E-state index >= 15 is 0 Å². The van der Waals surface area contributed by atoms with E-state index in [9.17, 15) is 9.59 Å². The second-order valence-electron chi connectivity index (χ2n) is 4.06. The van der Waals surface area contributed by atoms with Gasteiger partial charge in [-0.15, -0.1) is 0 Å². The van der Waals surface area contributed by atoms with Gasteiger partial charge in [0.1, 0.15) is 5.76 Å². The number of furan rings is 1.